The van der Waals surface area contributed by atoms with E-state index < -0.39 is 17.5 Å². The average molecular weight is 251 g/mol. The van der Waals surface area contributed by atoms with Gasteiger partial charge in [-0.1, -0.05) is 6.07 Å². The Morgan fingerprint density at radius 3 is 2.61 bits per heavy atom. The molecule has 0 unspecified atom stereocenters. The Labute approximate surface area is 102 Å². The second-order valence-corrected chi connectivity index (χ2v) is 3.88. The number of rotatable bonds is 4. The first kappa shape index (κ1) is 12.2. The molecule has 0 radical (unpaired) electrons. The molecule has 1 heterocycles. The number of amides is 1. The minimum atomic E-state index is -0.611. The molecule has 94 valence electrons. The summed E-state index contributed by atoms with van der Waals surface area (Å²) in [4.78, 5) is 14.6. The molecule has 6 heteroatoms. The van der Waals surface area contributed by atoms with Gasteiger partial charge in [-0.25, -0.2) is 13.8 Å². The van der Waals surface area contributed by atoms with Crippen molar-refractivity contribution in [2.45, 2.75) is 13.0 Å². The summed E-state index contributed by atoms with van der Waals surface area (Å²) in [5, 5.41) is 0. The number of hydrogen-bond donors (Lipinski definition) is 1. The molecule has 0 saturated carbocycles. The summed E-state index contributed by atoms with van der Waals surface area (Å²) in [7, 11) is 0. The molecule has 2 N–H and O–H groups in total. The van der Waals surface area contributed by atoms with Crippen molar-refractivity contribution in [2.75, 3.05) is 0 Å². The molecule has 1 aromatic carbocycles. The highest BCUT2D eigenvalue weighted by molar-refractivity contribution is 5.75. The minimum Gasteiger partial charge on any atom is -0.369 e. The number of carbonyl (C=O) groups excluding carboxylic acids is 1. The fourth-order valence-electron chi connectivity index (χ4n) is 1.63. The van der Waals surface area contributed by atoms with Crippen molar-refractivity contribution in [3.05, 3.63) is 53.6 Å². The van der Waals surface area contributed by atoms with E-state index in [-0.39, 0.29) is 18.5 Å². The van der Waals surface area contributed by atoms with Crippen LogP contribution in [-0.2, 0) is 17.8 Å². The van der Waals surface area contributed by atoms with Gasteiger partial charge in [-0.05, 0) is 12.1 Å². The van der Waals surface area contributed by atoms with Crippen molar-refractivity contribution in [1.82, 2.24) is 9.55 Å². The van der Waals surface area contributed by atoms with E-state index in [1.54, 1.807) is 0 Å². The lowest BCUT2D eigenvalue weighted by atomic mass is 10.2. The topological polar surface area (TPSA) is 60.9 Å². The maximum absolute atomic E-state index is 13.4. The third kappa shape index (κ3) is 2.71. The number of nitrogens with two attached hydrogens (primary N) is 1. The van der Waals surface area contributed by atoms with Gasteiger partial charge in [-0.15, -0.1) is 0 Å². The highest BCUT2D eigenvalue weighted by Gasteiger charge is 2.10. The molecule has 0 aliphatic carbocycles. The van der Waals surface area contributed by atoms with Crippen molar-refractivity contribution in [1.29, 1.82) is 0 Å². The predicted molar refractivity (Wildman–Crippen MR) is 60.6 cm³/mol. The fraction of sp³-hybridized carbons (Fsp3) is 0.167. The lowest BCUT2D eigenvalue weighted by Crippen LogP contribution is -2.13. The lowest BCUT2D eigenvalue weighted by Gasteiger charge is -2.05. The Hall–Kier alpha value is -2.24. The van der Waals surface area contributed by atoms with Gasteiger partial charge in [-0.2, -0.15) is 0 Å². The maximum atomic E-state index is 13.4. The summed E-state index contributed by atoms with van der Waals surface area (Å²) in [5.74, 6) is -1.72. The molecule has 4 nitrogen and oxygen atoms in total. The number of aromatic nitrogens is 2. The first-order chi connectivity index (χ1) is 8.56. The number of carbonyl (C=O) groups is 1. The fourth-order valence-corrected chi connectivity index (χ4v) is 1.63. The Morgan fingerprint density at radius 1 is 1.33 bits per heavy atom. The summed E-state index contributed by atoms with van der Waals surface area (Å²) in [5.41, 5.74) is 5.46. The molecule has 0 aliphatic rings. The van der Waals surface area contributed by atoms with Crippen LogP contribution < -0.4 is 5.73 Å². The van der Waals surface area contributed by atoms with Gasteiger partial charge in [0.15, 0.2) is 0 Å². The Bertz CT molecular complexity index is 560. The highest BCUT2D eigenvalue weighted by atomic mass is 19.1. The highest BCUT2D eigenvalue weighted by Crippen LogP contribution is 2.13. The molecular formula is C12H11F2N3O. The van der Waals surface area contributed by atoms with E-state index in [0.717, 1.165) is 0 Å². The largest absolute Gasteiger partial charge is 0.369 e. The monoisotopic (exact) mass is 251 g/mol. The number of benzene rings is 1. The molecule has 0 aliphatic heterocycles. The van der Waals surface area contributed by atoms with E-state index in [1.165, 1.54) is 35.3 Å². The maximum Gasteiger partial charge on any atom is 0.223 e. The van der Waals surface area contributed by atoms with Crippen molar-refractivity contribution in [3.8, 4) is 0 Å². The molecule has 2 aromatic rings. The van der Waals surface area contributed by atoms with E-state index in [4.69, 9.17) is 5.73 Å². The van der Waals surface area contributed by atoms with Gasteiger partial charge in [0.25, 0.3) is 0 Å². The Balaban J connectivity index is 2.19. The van der Waals surface area contributed by atoms with Crippen molar-refractivity contribution in [3.63, 3.8) is 0 Å². The van der Waals surface area contributed by atoms with Crippen LogP contribution in [0.3, 0.4) is 0 Å². The molecule has 1 aromatic heterocycles. The van der Waals surface area contributed by atoms with E-state index >= 15 is 0 Å². The number of hydrogen-bond acceptors (Lipinski definition) is 2. The van der Waals surface area contributed by atoms with Crippen LogP contribution in [0.4, 0.5) is 8.78 Å². The second kappa shape index (κ2) is 4.95. The van der Waals surface area contributed by atoms with Crippen LogP contribution in [0.25, 0.3) is 0 Å². The standard InChI is InChI=1S/C12H11F2N3O/c13-10-2-1-3-11(14)9(10)6-17-5-8(16-7-17)4-12(15)18/h1-3,5,7H,4,6H2,(H2,15,18). The summed E-state index contributed by atoms with van der Waals surface area (Å²) in [6.07, 6.45) is 2.95. The average Bonchev–Trinajstić information content (AvgIpc) is 2.70. The first-order valence-corrected chi connectivity index (χ1v) is 5.28. The number of imidazole rings is 1. The molecule has 2 rings (SSSR count). The van der Waals surface area contributed by atoms with Gasteiger partial charge >= 0.3 is 0 Å². The lowest BCUT2D eigenvalue weighted by molar-refractivity contribution is -0.117. The summed E-state index contributed by atoms with van der Waals surface area (Å²) >= 11 is 0. The van der Waals surface area contributed by atoms with Crippen LogP contribution in [-0.4, -0.2) is 15.5 Å². The zero-order valence-corrected chi connectivity index (χ0v) is 9.44. The van der Waals surface area contributed by atoms with Crippen molar-refractivity contribution >= 4 is 5.91 Å². The quantitative estimate of drug-likeness (QED) is 0.888. The summed E-state index contributed by atoms with van der Waals surface area (Å²) in [6, 6.07) is 3.69. The van der Waals surface area contributed by atoms with Crippen LogP contribution in [0.5, 0.6) is 0 Å². The van der Waals surface area contributed by atoms with Gasteiger partial charge in [0.05, 0.1) is 25.0 Å². The zero-order chi connectivity index (χ0) is 13.1. The third-order valence-corrected chi connectivity index (χ3v) is 2.44. The predicted octanol–water partition coefficient (Wildman–Crippen LogP) is 1.24. The third-order valence-electron chi connectivity index (χ3n) is 2.44. The van der Waals surface area contributed by atoms with Crippen LogP contribution in [0, 0.1) is 11.6 Å². The van der Waals surface area contributed by atoms with Crippen LogP contribution >= 0.6 is 0 Å². The molecule has 0 bridgehead atoms. The van der Waals surface area contributed by atoms with Crippen LogP contribution in [0.15, 0.2) is 30.7 Å². The van der Waals surface area contributed by atoms with Gasteiger partial charge in [-0.3, -0.25) is 4.79 Å². The molecule has 0 spiro atoms. The smallest absolute Gasteiger partial charge is 0.223 e. The summed E-state index contributed by atoms with van der Waals surface area (Å²) in [6.45, 7) is 0.0181. The normalized spacial score (nSPS) is 10.6. The van der Waals surface area contributed by atoms with E-state index in [9.17, 15) is 13.6 Å². The molecule has 1 amide bonds. The molecule has 0 atom stereocenters. The second-order valence-electron chi connectivity index (χ2n) is 3.88. The number of halogens is 2. The zero-order valence-electron chi connectivity index (χ0n) is 9.44. The molecule has 0 fully saturated rings. The van der Waals surface area contributed by atoms with Crippen molar-refractivity contribution in [2.24, 2.45) is 5.73 Å². The van der Waals surface area contributed by atoms with E-state index in [2.05, 4.69) is 4.98 Å². The Morgan fingerprint density at radius 2 is 2.00 bits per heavy atom. The summed E-state index contributed by atoms with van der Waals surface area (Å²) < 4.78 is 28.3. The molecule has 0 saturated heterocycles. The van der Waals surface area contributed by atoms with Gasteiger partial charge in [0, 0.05) is 11.8 Å². The van der Waals surface area contributed by atoms with E-state index in [0.29, 0.717) is 5.69 Å². The van der Waals surface area contributed by atoms with Crippen LogP contribution in [0.1, 0.15) is 11.3 Å². The molecular weight excluding hydrogens is 240 g/mol. The number of nitrogens with zero attached hydrogens (tertiary/aromatic N) is 2. The van der Waals surface area contributed by atoms with Crippen LogP contribution in [0.2, 0.25) is 0 Å². The van der Waals surface area contributed by atoms with Gasteiger partial charge in [0.2, 0.25) is 5.91 Å². The minimum absolute atomic E-state index is 0.00670. The van der Waals surface area contributed by atoms with E-state index in [1.807, 2.05) is 0 Å². The SMILES string of the molecule is NC(=O)Cc1cn(Cc2c(F)cccc2F)cn1. The molecule has 18 heavy (non-hydrogen) atoms. The Kier molecular flexibility index (Phi) is 3.36. The van der Waals surface area contributed by atoms with Gasteiger partial charge < -0.3 is 10.3 Å². The number of primary amides is 1. The van der Waals surface area contributed by atoms with Crippen molar-refractivity contribution < 1.29 is 13.6 Å². The first-order valence-electron chi connectivity index (χ1n) is 5.28. The van der Waals surface area contributed by atoms with Gasteiger partial charge in [0.1, 0.15) is 11.6 Å².